The number of hydrogen-bond acceptors (Lipinski definition) is 8. The van der Waals surface area contributed by atoms with Crippen molar-refractivity contribution in [1.82, 2.24) is 4.98 Å². The van der Waals surface area contributed by atoms with Gasteiger partial charge in [0.1, 0.15) is 17.0 Å². The first-order chi connectivity index (χ1) is 15.6. The molecule has 3 rings (SSSR count). The average Bonchev–Trinajstić information content (AvgIpc) is 3.20. The second-order valence-corrected chi connectivity index (χ2v) is 8.69. The Bertz CT molecular complexity index is 1180. The highest BCUT2D eigenvalue weighted by atomic mass is 32.1. The molecule has 172 valence electrons. The van der Waals surface area contributed by atoms with Crippen molar-refractivity contribution >= 4 is 39.8 Å². The molecule has 1 aromatic heterocycles. The molecule has 1 heterocycles. The Balaban J connectivity index is 1.83. The molecule has 0 fully saturated rings. The molecular formula is C22H22N4O6S. The summed E-state index contributed by atoms with van der Waals surface area (Å²) < 4.78 is 10.3. The number of nitrogens with zero attached hydrogens (tertiary/aromatic N) is 2. The highest BCUT2D eigenvalue weighted by Crippen LogP contribution is 2.32. The summed E-state index contributed by atoms with van der Waals surface area (Å²) in [5.74, 6) is 0.0716. The Kier molecular flexibility index (Phi) is 6.92. The number of ether oxygens (including phenoxy) is 2. The molecule has 33 heavy (non-hydrogen) atoms. The van der Waals surface area contributed by atoms with E-state index in [1.807, 2.05) is 0 Å². The van der Waals surface area contributed by atoms with Gasteiger partial charge in [-0.2, -0.15) is 0 Å². The molecule has 0 atom stereocenters. The minimum Gasteiger partial charge on any atom is -0.497 e. The van der Waals surface area contributed by atoms with Gasteiger partial charge in [-0.3, -0.25) is 20.2 Å². The van der Waals surface area contributed by atoms with Gasteiger partial charge in [-0.05, 0) is 57.2 Å². The van der Waals surface area contributed by atoms with Crippen LogP contribution in [0.5, 0.6) is 5.75 Å². The number of rotatable bonds is 6. The number of benzene rings is 2. The molecular weight excluding hydrogens is 448 g/mol. The van der Waals surface area contributed by atoms with Crippen LogP contribution in [-0.2, 0) is 4.74 Å². The monoisotopic (exact) mass is 470 g/mol. The number of nitrogens with one attached hydrogen (secondary N) is 2. The molecule has 0 aliphatic heterocycles. The second kappa shape index (κ2) is 9.65. The zero-order valence-corrected chi connectivity index (χ0v) is 19.2. The molecule has 0 saturated heterocycles. The van der Waals surface area contributed by atoms with Crippen LogP contribution in [0.3, 0.4) is 0 Å². The lowest BCUT2D eigenvalue weighted by Crippen LogP contribution is -2.27. The van der Waals surface area contributed by atoms with Crippen LogP contribution in [0.1, 0.15) is 31.1 Å². The van der Waals surface area contributed by atoms with E-state index in [0.29, 0.717) is 27.7 Å². The average molecular weight is 471 g/mol. The van der Waals surface area contributed by atoms with Crippen LogP contribution in [-0.4, -0.2) is 34.6 Å². The lowest BCUT2D eigenvalue weighted by atomic mass is 10.1. The van der Waals surface area contributed by atoms with E-state index in [4.69, 9.17) is 9.47 Å². The molecule has 0 aliphatic rings. The Hall–Kier alpha value is -3.99. The van der Waals surface area contributed by atoms with E-state index in [9.17, 15) is 19.7 Å². The maximum atomic E-state index is 12.6. The molecule has 0 spiro atoms. The lowest BCUT2D eigenvalue weighted by Gasteiger charge is -2.18. The van der Waals surface area contributed by atoms with E-state index >= 15 is 0 Å². The smallest absolute Gasteiger partial charge is 0.413 e. The van der Waals surface area contributed by atoms with Gasteiger partial charge in [-0.15, -0.1) is 11.3 Å². The molecule has 0 saturated carbocycles. The number of hydrogen-bond donors (Lipinski definition) is 2. The van der Waals surface area contributed by atoms with Gasteiger partial charge in [0, 0.05) is 22.6 Å². The van der Waals surface area contributed by atoms with Crippen molar-refractivity contribution in [1.29, 1.82) is 0 Å². The maximum absolute atomic E-state index is 12.6. The third-order valence-corrected chi connectivity index (χ3v) is 4.96. The minimum absolute atomic E-state index is 0.0213. The standard InChI is InChI=1S/C22H22N4O6S/c1-22(2,3)32-21(28)25-20-24-17(12-33-20)14-7-10-18(26(29)30)16(11-14)23-19(27)13-5-8-15(31-4)9-6-13/h5-12H,1-4H3,(H,23,27)(H,24,25,28). The number of methoxy groups -OCH3 is 1. The summed E-state index contributed by atoms with van der Waals surface area (Å²) in [6.07, 6.45) is -0.639. The van der Waals surface area contributed by atoms with E-state index in [1.165, 1.54) is 36.6 Å². The fourth-order valence-electron chi connectivity index (χ4n) is 2.75. The fraction of sp³-hybridized carbons (Fsp3) is 0.227. The van der Waals surface area contributed by atoms with E-state index in [0.717, 1.165) is 0 Å². The van der Waals surface area contributed by atoms with E-state index in [1.54, 1.807) is 50.4 Å². The number of nitro benzene ring substituents is 1. The van der Waals surface area contributed by atoms with Crippen molar-refractivity contribution < 1.29 is 24.0 Å². The molecule has 0 bridgehead atoms. The summed E-state index contributed by atoms with van der Waals surface area (Å²) in [6, 6.07) is 10.6. The second-order valence-electron chi connectivity index (χ2n) is 7.84. The number of amides is 2. The molecule has 0 unspecified atom stereocenters. The fourth-order valence-corrected chi connectivity index (χ4v) is 3.45. The van der Waals surface area contributed by atoms with Crippen molar-refractivity contribution in [2.75, 3.05) is 17.7 Å². The van der Waals surface area contributed by atoms with Crippen LogP contribution in [0.4, 0.5) is 21.3 Å². The summed E-state index contributed by atoms with van der Waals surface area (Å²) in [7, 11) is 1.51. The molecule has 3 aromatic rings. The third kappa shape index (κ3) is 6.26. The molecule has 2 amide bonds. The lowest BCUT2D eigenvalue weighted by molar-refractivity contribution is -0.383. The first-order valence-electron chi connectivity index (χ1n) is 9.75. The van der Waals surface area contributed by atoms with Crippen LogP contribution >= 0.6 is 11.3 Å². The summed E-state index contributed by atoms with van der Waals surface area (Å²) >= 11 is 1.17. The highest BCUT2D eigenvalue weighted by Gasteiger charge is 2.20. The van der Waals surface area contributed by atoms with Gasteiger partial charge in [0.05, 0.1) is 17.7 Å². The zero-order chi connectivity index (χ0) is 24.2. The molecule has 2 aromatic carbocycles. The Morgan fingerprint density at radius 3 is 2.39 bits per heavy atom. The first kappa shape index (κ1) is 23.7. The number of carbonyl (C=O) groups is 2. The van der Waals surface area contributed by atoms with E-state index in [-0.39, 0.29) is 11.4 Å². The summed E-state index contributed by atoms with van der Waals surface area (Å²) in [5, 5.41) is 18.6. The van der Waals surface area contributed by atoms with Gasteiger partial charge in [0.25, 0.3) is 11.6 Å². The van der Waals surface area contributed by atoms with Crippen molar-refractivity contribution in [2.45, 2.75) is 26.4 Å². The van der Waals surface area contributed by atoms with Gasteiger partial charge in [0.2, 0.25) is 0 Å². The van der Waals surface area contributed by atoms with Crippen LogP contribution in [0.25, 0.3) is 11.3 Å². The molecule has 11 heteroatoms. The topological polar surface area (TPSA) is 133 Å². The molecule has 2 N–H and O–H groups in total. The van der Waals surface area contributed by atoms with Gasteiger partial charge in [0.15, 0.2) is 5.13 Å². The molecule has 0 radical (unpaired) electrons. The number of thiazole rings is 1. The van der Waals surface area contributed by atoms with Crippen molar-refractivity contribution in [3.8, 4) is 17.0 Å². The van der Waals surface area contributed by atoms with Crippen LogP contribution < -0.4 is 15.4 Å². The van der Waals surface area contributed by atoms with Gasteiger partial charge in [-0.25, -0.2) is 9.78 Å². The number of carbonyl (C=O) groups excluding carboxylic acids is 2. The van der Waals surface area contributed by atoms with E-state index < -0.39 is 22.5 Å². The van der Waals surface area contributed by atoms with E-state index in [2.05, 4.69) is 15.6 Å². The summed E-state index contributed by atoms with van der Waals surface area (Å²) in [4.78, 5) is 39.8. The Morgan fingerprint density at radius 1 is 1.09 bits per heavy atom. The Morgan fingerprint density at radius 2 is 1.79 bits per heavy atom. The van der Waals surface area contributed by atoms with Crippen LogP contribution in [0, 0.1) is 10.1 Å². The molecule has 10 nitrogen and oxygen atoms in total. The number of aromatic nitrogens is 1. The normalized spacial score (nSPS) is 10.9. The summed E-state index contributed by atoms with van der Waals surface area (Å²) in [6.45, 7) is 5.25. The quantitative estimate of drug-likeness (QED) is 0.368. The number of nitro groups is 1. The van der Waals surface area contributed by atoms with Crippen LogP contribution in [0.15, 0.2) is 47.8 Å². The van der Waals surface area contributed by atoms with Crippen LogP contribution in [0.2, 0.25) is 0 Å². The SMILES string of the molecule is COc1ccc(C(=O)Nc2cc(-c3csc(NC(=O)OC(C)(C)C)n3)ccc2[N+](=O)[O-])cc1. The predicted octanol–water partition coefficient (Wildman–Crippen LogP) is 5.33. The highest BCUT2D eigenvalue weighted by molar-refractivity contribution is 7.14. The summed E-state index contributed by atoms with van der Waals surface area (Å²) in [5.41, 5.74) is 0.420. The van der Waals surface area contributed by atoms with Gasteiger partial charge >= 0.3 is 6.09 Å². The van der Waals surface area contributed by atoms with Crippen molar-refractivity contribution in [3.63, 3.8) is 0 Å². The third-order valence-electron chi connectivity index (χ3n) is 4.20. The zero-order valence-electron chi connectivity index (χ0n) is 18.4. The predicted molar refractivity (Wildman–Crippen MR) is 125 cm³/mol. The Labute approximate surface area is 193 Å². The maximum Gasteiger partial charge on any atom is 0.413 e. The molecule has 0 aliphatic carbocycles. The number of anilines is 2. The van der Waals surface area contributed by atoms with Crippen molar-refractivity contribution in [3.05, 3.63) is 63.5 Å². The minimum atomic E-state index is -0.653. The largest absolute Gasteiger partial charge is 0.497 e. The van der Waals surface area contributed by atoms with Crippen molar-refractivity contribution in [2.24, 2.45) is 0 Å². The first-order valence-corrected chi connectivity index (χ1v) is 10.6. The van der Waals surface area contributed by atoms with Gasteiger partial charge in [-0.1, -0.05) is 0 Å². The van der Waals surface area contributed by atoms with Gasteiger partial charge < -0.3 is 14.8 Å².